The molecule has 0 aromatic heterocycles. The van der Waals surface area contributed by atoms with Crippen molar-refractivity contribution >= 4 is 11.6 Å². The SMILES string of the molecule is CCCN(C(C)=O)c1ccc2c(c1)CC(N(CCC)CCC)CC2. The Morgan fingerprint density at radius 2 is 1.71 bits per heavy atom. The molecule has 1 aromatic carbocycles. The van der Waals surface area contributed by atoms with E-state index in [1.165, 1.54) is 43.5 Å². The maximum Gasteiger partial charge on any atom is 0.223 e. The van der Waals surface area contributed by atoms with Crippen LogP contribution in [0.15, 0.2) is 18.2 Å². The summed E-state index contributed by atoms with van der Waals surface area (Å²) in [5.74, 6) is 0.141. The van der Waals surface area contributed by atoms with Crippen molar-refractivity contribution in [3.8, 4) is 0 Å². The molecule has 0 aliphatic heterocycles. The summed E-state index contributed by atoms with van der Waals surface area (Å²) in [7, 11) is 0. The second-order valence-electron chi connectivity index (χ2n) is 7.06. The van der Waals surface area contributed by atoms with Crippen LogP contribution in [0.1, 0.15) is 64.5 Å². The van der Waals surface area contributed by atoms with Crippen LogP contribution in [-0.4, -0.2) is 36.5 Å². The van der Waals surface area contributed by atoms with Crippen LogP contribution in [-0.2, 0) is 17.6 Å². The van der Waals surface area contributed by atoms with Crippen molar-refractivity contribution in [3.63, 3.8) is 0 Å². The van der Waals surface area contributed by atoms with E-state index < -0.39 is 0 Å². The first kappa shape index (κ1) is 19.0. The monoisotopic (exact) mass is 330 g/mol. The minimum atomic E-state index is 0.141. The molecule has 1 atom stereocenters. The molecule has 0 fully saturated rings. The molecule has 24 heavy (non-hydrogen) atoms. The summed E-state index contributed by atoms with van der Waals surface area (Å²) in [5, 5.41) is 0. The Labute approximate surface area is 148 Å². The quantitative estimate of drug-likeness (QED) is 0.704. The lowest BCUT2D eigenvalue weighted by Gasteiger charge is -2.35. The minimum absolute atomic E-state index is 0.141. The lowest BCUT2D eigenvalue weighted by Crippen LogP contribution is -2.40. The molecule has 0 bridgehead atoms. The maximum atomic E-state index is 12.0. The van der Waals surface area contributed by atoms with Crippen molar-refractivity contribution in [2.24, 2.45) is 0 Å². The molecule has 134 valence electrons. The summed E-state index contributed by atoms with van der Waals surface area (Å²) < 4.78 is 0. The highest BCUT2D eigenvalue weighted by molar-refractivity contribution is 5.91. The smallest absolute Gasteiger partial charge is 0.223 e. The number of carbonyl (C=O) groups is 1. The molecule has 3 heteroatoms. The molecule has 1 amide bonds. The van der Waals surface area contributed by atoms with Gasteiger partial charge in [0.15, 0.2) is 0 Å². The van der Waals surface area contributed by atoms with Gasteiger partial charge in [-0.3, -0.25) is 4.79 Å². The molecule has 1 aliphatic carbocycles. The Hall–Kier alpha value is -1.35. The van der Waals surface area contributed by atoms with Crippen LogP contribution >= 0.6 is 0 Å². The highest BCUT2D eigenvalue weighted by atomic mass is 16.2. The Morgan fingerprint density at radius 3 is 2.29 bits per heavy atom. The summed E-state index contributed by atoms with van der Waals surface area (Å²) in [5.41, 5.74) is 3.99. The number of anilines is 1. The van der Waals surface area contributed by atoms with Crippen LogP contribution in [0, 0.1) is 0 Å². The predicted molar refractivity (Wildman–Crippen MR) is 103 cm³/mol. The van der Waals surface area contributed by atoms with Gasteiger partial charge in [-0.15, -0.1) is 0 Å². The third-order valence-corrected chi connectivity index (χ3v) is 5.07. The van der Waals surface area contributed by atoms with E-state index >= 15 is 0 Å². The normalized spacial score (nSPS) is 17.0. The molecule has 1 unspecified atom stereocenters. The lowest BCUT2D eigenvalue weighted by atomic mass is 9.86. The van der Waals surface area contributed by atoms with Gasteiger partial charge in [-0.1, -0.05) is 26.8 Å². The van der Waals surface area contributed by atoms with Gasteiger partial charge in [-0.2, -0.15) is 0 Å². The number of amides is 1. The number of rotatable bonds is 8. The van der Waals surface area contributed by atoms with Crippen molar-refractivity contribution < 1.29 is 4.79 Å². The van der Waals surface area contributed by atoms with Gasteiger partial charge in [0.25, 0.3) is 0 Å². The summed E-state index contributed by atoms with van der Waals surface area (Å²) in [6.07, 6.45) is 6.98. The Balaban J connectivity index is 2.19. The molecule has 1 aliphatic rings. The average Bonchev–Trinajstić information content (AvgIpc) is 2.58. The molecule has 0 heterocycles. The molecule has 0 radical (unpaired) electrons. The number of fused-ring (bicyclic) bond motifs is 1. The van der Waals surface area contributed by atoms with Crippen LogP contribution in [0.5, 0.6) is 0 Å². The number of nitrogens with zero attached hydrogens (tertiary/aromatic N) is 2. The number of hydrogen-bond donors (Lipinski definition) is 0. The molecule has 0 N–H and O–H groups in total. The third-order valence-electron chi connectivity index (χ3n) is 5.07. The van der Waals surface area contributed by atoms with E-state index in [2.05, 4.69) is 43.9 Å². The van der Waals surface area contributed by atoms with E-state index in [9.17, 15) is 4.79 Å². The molecule has 3 nitrogen and oxygen atoms in total. The van der Waals surface area contributed by atoms with E-state index in [1.807, 2.05) is 4.90 Å². The van der Waals surface area contributed by atoms with Crippen LogP contribution in [0.3, 0.4) is 0 Å². The zero-order valence-corrected chi connectivity index (χ0v) is 16.0. The van der Waals surface area contributed by atoms with E-state index in [-0.39, 0.29) is 5.91 Å². The Morgan fingerprint density at radius 1 is 1.04 bits per heavy atom. The largest absolute Gasteiger partial charge is 0.313 e. The van der Waals surface area contributed by atoms with Crippen LogP contribution in [0.4, 0.5) is 5.69 Å². The first-order chi connectivity index (χ1) is 11.6. The fourth-order valence-corrected chi connectivity index (χ4v) is 3.95. The standard InChI is InChI=1S/C21H34N2O/c1-5-12-22(13-6-2)20-10-8-18-9-11-21(16-19(18)15-20)23(14-7-3)17(4)24/h9,11,16,20H,5-8,10,12-15H2,1-4H3. The number of benzene rings is 1. The van der Waals surface area contributed by atoms with E-state index in [1.54, 1.807) is 6.92 Å². The third kappa shape index (κ3) is 4.60. The molecule has 0 spiro atoms. The average molecular weight is 331 g/mol. The molecule has 0 saturated carbocycles. The summed E-state index contributed by atoms with van der Waals surface area (Å²) in [6.45, 7) is 11.5. The van der Waals surface area contributed by atoms with Gasteiger partial charge in [0.05, 0.1) is 0 Å². The zero-order chi connectivity index (χ0) is 17.5. The molecule has 0 saturated heterocycles. The second-order valence-corrected chi connectivity index (χ2v) is 7.06. The molecule has 2 rings (SSSR count). The second kappa shape index (κ2) is 9.22. The fourth-order valence-electron chi connectivity index (χ4n) is 3.95. The number of aryl methyl sites for hydroxylation is 1. The van der Waals surface area contributed by atoms with Crippen LogP contribution in [0.2, 0.25) is 0 Å². The topological polar surface area (TPSA) is 23.6 Å². The van der Waals surface area contributed by atoms with Crippen molar-refractivity contribution in [2.75, 3.05) is 24.5 Å². The van der Waals surface area contributed by atoms with Gasteiger partial charge in [0.2, 0.25) is 5.91 Å². The zero-order valence-electron chi connectivity index (χ0n) is 16.0. The molecular weight excluding hydrogens is 296 g/mol. The molecule has 1 aromatic rings. The molecular formula is C21H34N2O. The van der Waals surface area contributed by atoms with Crippen molar-refractivity contribution in [1.29, 1.82) is 0 Å². The summed E-state index contributed by atoms with van der Waals surface area (Å²) in [6, 6.07) is 7.31. The Bertz CT molecular complexity index is 535. The van der Waals surface area contributed by atoms with Crippen molar-refractivity contribution in [2.45, 2.75) is 72.3 Å². The van der Waals surface area contributed by atoms with Gasteiger partial charge in [-0.25, -0.2) is 0 Å². The fraction of sp³-hybridized carbons (Fsp3) is 0.667. The minimum Gasteiger partial charge on any atom is -0.313 e. The number of carbonyl (C=O) groups excluding carboxylic acids is 1. The van der Waals surface area contributed by atoms with E-state index in [0.29, 0.717) is 6.04 Å². The van der Waals surface area contributed by atoms with Gasteiger partial charge in [0, 0.05) is 25.2 Å². The first-order valence-electron chi connectivity index (χ1n) is 9.74. The number of hydrogen-bond acceptors (Lipinski definition) is 2. The lowest BCUT2D eigenvalue weighted by molar-refractivity contribution is -0.116. The first-order valence-corrected chi connectivity index (χ1v) is 9.74. The van der Waals surface area contributed by atoms with Gasteiger partial charge < -0.3 is 9.80 Å². The summed E-state index contributed by atoms with van der Waals surface area (Å²) >= 11 is 0. The highest BCUT2D eigenvalue weighted by Crippen LogP contribution is 2.29. The Kier molecular flexibility index (Phi) is 7.29. The van der Waals surface area contributed by atoms with Crippen molar-refractivity contribution in [3.05, 3.63) is 29.3 Å². The summed E-state index contributed by atoms with van der Waals surface area (Å²) in [4.78, 5) is 16.6. The van der Waals surface area contributed by atoms with Crippen LogP contribution < -0.4 is 4.90 Å². The van der Waals surface area contributed by atoms with Crippen molar-refractivity contribution in [1.82, 2.24) is 4.90 Å². The predicted octanol–water partition coefficient (Wildman–Crippen LogP) is 4.43. The van der Waals surface area contributed by atoms with E-state index in [4.69, 9.17) is 0 Å². The van der Waals surface area contributed by atoms with Crippen LogP contribution in [0.25, 0.3) is 0 Å². The van der Waals surface area contributed by atoms with Gasteiger partial charge >= 0.3 is 0 Å². The maximum absolute atomic E-state index is 12.0. The van der Waals surface area contributed by atoms with Gasteiger partial charge in [-0.05, 0) is 74.9 Å². The highest BCUT2D eigenvalue weighted by Gasteiger charge is 2.24. The van der Waals surface area contributed by atoms with Gasteiger partial charge in [0.1, 0.15) is 0 Å². The van der Waals surface area contributed by atoms with E-state index in [0.717, 1.165) is 31.5 Å².